The fourth-order valence-corrected chi connectivity index (χ4v) is 2.78. The van der Waals surface area contributed by atoms with E-state index in [4.69, 9.17) is 4.74 Å². The molecule has 1 aliphatic rings. The van der Waals surface area contributed by atoms with E-state index in [1.807, 2.05) is 0 Å². The van der Waals surface area contributed by atoms with Crippen LogP contribution in [0.2, 0.25) is 0 Å². The molecule has 0 atom stereocenters. The molecule has 0 unspecified atom stereocenters. The Morgan fingerprint density at radius 1 is 1.43 bits per heavy atom. The first-order valence-electron chi connectivity index (χ1n) is 7.43. The number of methoxy groups -OCH3 is 1. The van der Waals surface area contributed by atoms with E-state index in [0.717, 1.165) is 39.0 Å². The first-order valence-corrected chi connectivity index (χ1v) is 7.43. The summed E-state index contributed by atoms with van der Waals surface area (Å²) >= 11 is 0. The number of nitro benzene ring substituents is 1. The third kappa shape index (κ3) is 3.85. The first kappa shape index (κ1) is 15.6. The molecule has 1 fully saturated rings. The van der Waals surface area contributed by atoms with E-state index >= 15 is 0 Å². The van der Waals surface area contributed by atoms with Gasteiger partial charge in [-0.05, 0) is 50.5 Å². The van der Waals surface area contributed by atoms with Crippen LogP contribution >= 0.6 is 0 Å². The van der Waals surface area contributed by atoms with Crippen molar-refractivity contribution in [2.24, 2.45) is 5.92 Å². The number of hydrogen-bond donors (Lipinski definition) is 1. The van der Waals surface area contributed by atoms with Gasteiger partial charge >= 0.3 is 5.69 Å². The molecule has 1 N–H and O–H groups in total. The summed E-state index contributed by atoms with van der Waals surface area (Å²) in [5.41, 5.74) is 0.559. The predicted molar refractivity (Wildman–Crippen MR) is 83.0 cm³/mol. The lowest BCUT2D eigenvalue weighted by Gasteiger charge is -2.31. The summed E-state index contributed by atoms with van der Waals surface area (Å²) in [6.07, 6.45) is 2.28. The highest BCUT2D eigenvalue weighted by Crippen LogP contribution is 2.34. The van der Waals surface area contributed by atoms with E-state index in [9.17, 15) is 10.1 Å². The molecular weight excluding hydrogens is 270 g/mol. The third-order valence-corrected chi connectivity index (χ3v) is 4.14. The van der Waals surface area contributed by atoms with Gasteiger partial charge in [0.15, 0.2) is 5.75 Å². The van der Waals surface area contributed by atoms with Crippen LogP contribution in [0.25, 0.3) is 0 Å². The van der Waals surface area contributed by atoms with E-state index in [2.05, 4.69) is 17.1 Å². The lowest BCUT2D eigenvalue weighted by atomic mass is 9.96. The third-order valence-electron chi connectivity index (χ3n) is 4.14. The van der Waals surface area contributed by atoms with E-state index in [-0.39, 0.29) is 10.6 Å². The highest BCUT2D eigenvalue weighted by Gasteiger charge is 2.22. The number of piperidine rings is 1. The van der Waals surface area contributed by atoms with Crippen molar-refractivity contribution in [1.29, 1.82) is 0 Å². The molecule has 1 aromatic rings. The van der Waals surface area contributed by atoms with Gasteiger partial charge in [-0.3, -0.25) is 10.1 Å². The maximum atomic E-state index is 11.2. The standard InChI is InChI=1S/C15H23N3O3/c1-3-17-9-7-12(8-10-17)11-16-13-5-4-6-14(21-2)15(13)18(19)20/h4-6,12,16H,3,7-11H2,1-2H3. The van der Waals surface area contributed by atoms with Gasteiger partial charge in [0.25, 0.3) is 0 Å². The van der Waals surface area contributed by atoms with Crippen molar-refractivity contribution in [3.8, 4) is 5.75 Å². The first-order chi connectivity index (χ1) is 10.2. The molecule has 0 aliphatic carbocycles. The number of para-hydroxylation sites is 1. The molecule has 0 radical (unpaired) electrons. The van der Waals surface area contributed by atoms with Gasteiger partial charge in [-0.15, -0.1) is 0 Å². The number of benzene rings is 1. The van der Waals surface area contributed by atoms with Gasteiger partial charge in [-0.25, -0.2) is 0 Å². The molecule has 0 bridgehead atoms. The zero-order valence-electron chi connectivity index (χ0n) is 12.7. The minimum absolute atomic E-state index is 0.0194. The van der Waals surface area contributed by atoms with Crippen LogP contribution in [-0.4, -0.2) is 43.1 Å². The number of nitro groups is 1. The largest absolute Gasteiger partial charge is 0.490 e. The normalized spacial score (nSPS) is 16.7. The molecule has 1 saturated heterocycles. The van der Waals surface area contributed by atoms with Crippen molar-refractivity contribution in [2.45, 2.75) is 19.8 Å². The van der Waals surface area contributed by atoms with Crippen LogP contribution in [0.15, 0.2) is 18.2 Å². The Labute approximate surface area is 125 Å². The van der Waals surface area contributed by atoms with E-state index < -0.39 is 0 Å². The quantitative estimate of drug-likeness (QED) is 0.645. The van der Waals surface area contributed by atoms with Gasteiger partial charge < -0.3 is 15.0 Å². The Kier molecular flexibility index (Phi) is 5.38. The Morgan fingerprint density at radius 2 is 2.14 bits per heavy atom. The maximum Gasteiger partial charge on any atom is 0.333 e. The lowest BCUT2D eigenvalue weighted by molar-refractivity contribution is -0.384. The SMILES string of the molecule is CCN1CCC(CNc2cccc(OC)c2[N+](=O)[O-])CC1. The summed E-state index contributed by atoms with van der Waals surface area (Å²) in [6, 6.07) is 5.12. The smallest absolute Gasteiger partial charge is 0.333 e. The lowest BCUT2D eigenvalue weighted by Crippen LogP contribution is -2.35. The molecule has 2 rings (SSSR count). The van der Waals surface area contributed by atoms with Crippen molar-refractivity contribution in [3.63, 3.8) is 0 Å². The molecule has 6 nitrogen and oxygen atoms in total. The Morgan fingerprint density at radius 3 is 2.71 bits per heavy atom. The molecule has 1 aliphatic heterocycles. The fourth-order valence-electron chi connectivity index (χ4n) is 2.78. The van der Waals surface area contributed by atoms with Crippen LogP contribution in [0.5, 0.6) is 5.75 Å². The van der Waals surface area contributed by atoms with Gasteiger partial charge in [0, 0.05) is 6.54 Å². The minimum atomic E-state index is -0.388. The van der Waals surface area contributed by atoms with Crippen LogP contribution in [0.1, 0.15) is 19.8 Å². The fraction of sp³-hybridized carbons (Fsp3) is 0.600. The topological polar surface area (TPSA) is 67.6 Å². The van der Waals surface area contributed by atoms with Crippen molar-refractivity contribution in [2.75, 3.05) is 38.6 Å². The van der Waals surface area contributed by atoms with Crippen molar-refractivity contribution in [1.82, 2.24) is 4.90 Å². The number of nitrogens with zero attached hydrogens (tertiary/aromatic N) is 2. The van der Waals surface area contributed by atoms with Gasteiger partial charge in [-0.2, -0.15) is 0 Å². The zero-order valence-corrected chi connectivity index (χ0v) is 12.7. The second kappa shape index (κ2) is 7.26. The predicted octanol–water partition coefficient (Wildman–Crippen LogP) is 2.75. The molecule has 0 aromatic heterocycles. The molecule has 1 aromatic carbocycles. The van der Waals surface area contributed by atoms with Crippen molar-refractivity contribution >= 4 is 11.4 Å². The summed E-state index contributed by atoms with van der Waals surface area (Å²) in [6.45, 7) is 6.28. The number of anilines is 1. The zero-order chi connectivity index (χ0) is 15.2. The maximum absolute atomic E-state index is 11.2. The molecule has 1 heterocycles. The van der Waals surface area contributed by atoms with Crippen molar-refractivity contribution < 1.29 is 9.66 Å². The van der Waals surface area contributed by atoms with Gasteiger partial charge in [0.05, 0.1) is 12.0 Å². The number of ether oxygens (including phenoxy) is 1. The van der Waals surface area contributed by atoms with Crippen molar-refractivity contribution in [3.05, 3.63) is 28.3 Å². The molecule has 0 spiro atoms. The number of rotatable bonds is 6. The molecule has 21 heavy (non-hydrogen) atoms. The Bertz CT molecular complexity index is 485. The molecule has 0 saturated carbocycles. The number of hydrogen-bond acceptors (Lipinski definition) is 5. The monoisotopic (exact) mass is 293 g/mol. The molecular formula is C15H23N3O3. The second-order valence-corrected chi connectivity index (χ2v) is 5.37. The summed E-state index contributed by atoms with van der Waals surface area (Å²) in [5.74, 6) is 0.865. The average Bonchev–Trinajstić information content (AvgIpc) is 2.52. The Balaban J connectivity index is 1.99. The highest BCUT2D eigenvalue weighted by atomic mass is 16.6. The van der Waals surface area contributed by atoms with Crippen LogP contribution in [0, 0.1) is 16.0 Å². The van der Waals surface area contributed by atoms with E-state index in [0.29, 0.717) is 17.4 Å². The van der Waals surface area contributed by atoms with Crippen LogP contribution in [0.4, 0.5) is 11.4 Å². The molecule has 116 valence electrons. The van der Waals surface area contributed by atoms with E-state index in [1.165, 1.54) is 7.11 Å². The number of likely N-dealkylation sites (tertiary alicyclic amines) is 1. The van der Waals surface area contributed by atoms with Crippen LogP contribution < -0.4 is 10.1 Å². The molecule has 6 heteroatoms. The average molecular weight is 293 g/mol. The van der Waals surface area contributed by atoms with Gasteiger partial charge in [-0.1, -0.05) is 13.0 Å². The van der Waals surface area contributed by atoms with Gasteiger partial charge in [0.2, 0.25) is 0 Å². The summed E-state index contributed by atoms with van der Waals surface area (Å²) in [4.78, 5) is 13.3. The van der Waals surface area contributed by atoms with E-state index in [1.54, 1.807) is 18.2 Å². The van der Waals surface area contributed by atoms with Crippen LogP contribution in [-0.2, 0) is 0 Å². The number of nitrogens with one attached hydrogen (secondary N) is 1. The van der Waals surface area contributed by atoms with Crippen LogP contribution in [0.3, 0.4) is 0 Å². The summed E-state index contributed by atoms with van der Waals surface area (Å²) in [7, 11) is 1.45. The molecule has 0 amide bonds. The second-order valence-electron chi connectivity index (χ2n) is 5.37. The highest BCUT2D eigenvalue weighted by molar-refractivity contribution is 5.68. The Hall–Kier alpha value is -1.82. The summed E-state index contributed by atoms with van der Waals surface area (Å²) in [5, 5.41) is 14.4. The van der Waals surface area contributed by atoms with Gasteiger partial charge in [0.1, 0.15) is 5.69 Å². The minimum Gasteiger partial charge on any atom is -0.490 e. The summed E-state index contributed by atoms with van der Waals surface area (Å²) < 4.78 is 5.08.